The summed E-state index contributed by atoms with van der Waals surface area (Å²) in [6, 6.07) is 10.2. The van der Waals surface area contributed by atoms with Crippen LogP contribution in [0, 0.1) is 10.1 Å². The summed E-state index contributed by atoms with van der Waals surface area (Å²) in [5.41, 5.74) is 1.17. The van der Waals surface area contributed by atoms with E-state index < -0.39 is 10.9 Å². The van der Waals surface area contributed by atoms with Crippen molar-refractivity contribution in [3.05, 3.63) is 69.3 Å². The fourth-order valence-electron chi connectivity index (χ4n) is 1.73. The zero-order chi connectivity index (χ0) is 15.4. The van der Waals surface area contributed by atoms with Gasteiger partial charge in [-0.2, -0.15) is 0 Å². The Kier molecular flexibility index (Phi) is 3.99. The van der Waals surface area contributed by atoms with Crippen LogP contribution >= 0.6 is 0 Å². The van der Waals surface area contributed by atoms with Gasteiger partial charge in [-0.15, -0.1) is 0 Å². The normalized spacial score (nSPS) is 10.7. The molecule has 0 saturated heterocycles. The number of aromatic carboxylic acids is 1. The van der Waals surface area contributed by atoms with E-state index in [1.807, 2.05) is 0 Å². The second-order valence-corrected chi connectivity index (χ2v) is 4.26. The maximum absolute atomic E-state index is 10.9. The van der Waals surface area contributed by atoms with Crippen LogP contribution < -0.4 is 0 Å². The molecule has 0 heterocycles. The lowest BCUT2D eigenvalue weighted by Crippen LogP contribution is -1.96. The lowest BCUT2D eigenvalue weighted by Gasteiger charge is -2.01. The predicted octanol–water partition coefficient (Wildman–Crippen LogP) is 3.17. The molecular formula is C15H11NO5. The molecule has 21 heavy (non-hydrogen) atoms. The van der Waals surface area contributed by atoms with Gasteiger partial charge < -0.3 is 10.2 Å². The van der Waals surface area contributed by atoms with Crippen LogP contribution in [0.25, 0.3) is 12.2 Å². The highest BCUT2D eigenvalue weighted by Gasteiger charge is 2.09. The van der Waals surface area contributed by atoms with Crippen molar-refractivity contribution in [2.24, 2.45) is 0 Å². The SMILES string of the molecule is O=C(O)c1cc(C=Cc2ccc([N+](=O)[O-])cc2)ccc1O. The van der Waals surface area contributed by atoms with E-state index in [0.29, 0.717) is 5.56 Å². The highest BCUT2D eigenvalue weighted by molar-refractivity contribution is 5.91. The number of carboxylic acid groups (broad SMARTS) is 1. The van der Waals surface area contributed by atoms with Gasteiger partial charge in [0, 0.05) is 12.1 Å². The number of phenols is 1. The molecular weight excluding hydrogens is 274 g/mol. The van der Waals surface area contributed by atoms with Crippen molar-refractivity contribution in [3.8, 4) is 5.75 Å². The Morgan fingerprint density at radius 1 is 1.05 bits per heavy atom. The number of non-ortho nitro benzene ring substituents is 1. The third-order valence-electron chi connectivity index (χ3n) is 2.82. The Balaban J connectivity index is 2.23. The molecule has 0 atom stereocenters. The number of hydrogen-bond acceptors (Lipinski definition) is 4. The quantitative estimate of drug-likeness (QED) is 0.510. The van der Waals surface area contributed by atoms with E-state index in [1.165, 1.54) is 24.3 Å². The summed E-state index contributed by atoms with van der Waals surface area (Å²) >= 11 is 0. The van der Waals surface area contributed by atoms with E-state index >= 15 is 0 Å². The van der Waals surface area contributed by atoms with Gasteiger partial charge in [0.2, 0.25) is 0 Å². The van der Waals surface area contributed by atoms with Gasteiger partial charge in [0.05, 0.1) is 4.92 Å². The minimum absolute atomic E-state index is 0.00458. The van der Waals surface area contributed by atoms with E-state index in [-0.39, 0.29) is 17.0 Å². The lowest BCUT2D eigenvalue weighted by molar-refractivity contribution is -0.384. The molecule has 6 heteroatoms. The molecule has 0 spiro atoms. The van der Waals surface area contributed by atoms with Crippen LogP contribution in [0.3, 0.4) is 0 Å². The Morgan fingerprint density at radius 2 is 1.62 bits per heavy atom. The minimum Gasteiger partial charge on any atom is -0.507 e. The average Bonchev–Trinajstić information content (AvgIpc) is 2.46. The number of benzene rings is 2. The molecule has 0 aliphatic carbocycles. The molecule has 0 aliphatic heterocycles. The van der Waals surface area contributed by atoms with Gasteiger partial charge in [-0.3, -0.25) is 10.1 Å². The Labute approximate surface area is 119 Å². The van der Waals surface area contributed by atoms with Crippen molar-refractivity contribution in [1.82, 2.24) is 0 Å². The van der Waals surface area contributed by atoms with Crippen molar-refractivity contribution in [2.45, 2.75) is 0 Å². The number of nitro groups is 1. The predicted molar refractivity (Wildman–Crippen MR) is 77.1 cm³/mol. The van der Waals surface area contributed by atoms with E-state index in [1.54, 1.807) is 30.4 Å². The van der Waals surface area contributed by atoms with Crippen LogP contribution in [0.4, 0.5) is 5.69 Å². The first kappa shape index (κ1) is 14.3. The molecule has 2 aromatic rings. The zero-order valence-electron chi connectivity index (χ0n) is 10.8. The number of carbonyl (C=O) groups is 1. The van der Waals surface area contributed by atoms with E-state index in [2.05, 4.69) is 0 Å². The molecule has 2 aromatic carbocycles. The molecule has 2 rings (SSSR count). The van der Waals surface area contributed by atoms with E-state index in [4.69, 9.17) is 5.11 Å². The van der Waals surface area contributed by atoms with Crippen molar-refractivity contribution in [2.75, 3.05) is 0 Å². The number of nitro benzene ring substituents is 1. The fourth-order valence-corrected chi connectivity index (χ4v) is 1.73. The molecule has 0 fully saturated rings. The van der Waals surface area contributed by atoms with E-state index in [0.717, 1.165) is 5.56 Å². The third kappa shape index (κ3) is 3.44. The molecule has 0 bridgehead atoms. The molecule has 0 radical (unpaired) electrons. The first-order valence-electron chi connectivity index (χ1n) is 5.96. The Bertz CT molecular complexity index is 719. The summed E-state index contributed by atoms with van der Waals surface area (Å²) in [5.74, 6) is -1.51. The number of aromatic hydroxyl groups is 1. The Hall–Kier alpha value is -3.15. The van der Waals surface area contributed by atoms with Gasteiger partial charge in [0.15, 0.2) is 0 Å². The van der Waals surface area contributed by atoms with Crippen LogP contribution in [0.2, 0.25) is 0 Å². The highest BCUT2D eigenvalue weighted by atomic mass is 16.6. The summed E-state index contributed by atoms with van der Waals surface area (Å²) in [6.45, 7) is 0. The van der Waals surface area contributed by atoms with Crippen molar-refractivity contribution in [3.63, 3.8) is 0 Å². The first-order valence-corrected chi connectivity index (χ1v) is 5.96. The largest absolute Gasteiger partial charge is 0.507 e. The van der Waals surface area contributed by atoms with Gasteiger partial charge >= 0.3 is 5.97 Å². The second-order valence-electron chi connectivity index (χ2n) is 4.26. The molecule has 0 saturated carbocycles. The number of hydrogen-bond donors (Lipinski definition) is 2. The summed E-state index contributed by atoms with van der Waals surface area (Å²) in [6.07, 6.45) is 3.36. The van der Waals surface area contributed by atoms with Gasteiger partial charge in [-0.25, -0.2) is 4.79 Å². The molecule has 0 aromatic heterocycles. The molecule has 2 N–H and O–H groups in total. The van der Waals surface area contributed by atoms with Gasteiger partial charge in [0.25, 0.3) is 5.69 Å². The highest BCUT2D eigenvalue weighted by Crippen LogP contribution is 2.20. The summed E-state index contributed by atoms with van der Waals surface area (Å²) < 4.78 is 0. The van der Waals surface area contributed by atoms with Crippen LogP contribution in [0.5, 0.6) is 5.75 Å². The van der Waals surface area contributed by atoms with E-state index in [9.17, 15) is 20.0 Å². The summed E-state index contributed by atoms with van der Waals surface area (Å²) in [4.78, 5) is 21.0. The molecule has 6 nitrogen and oxygen atoms in total. The van der Waals surface area contributed by atoms with Crippen LogP contribution in [0.15, 0.2) is 42.5 Å². The van der Waals surface area contributed by atoms with Crippen molar-refractivity contribution < 1.29 is 19.9 Å². The smallest absolute Gasteiger partial charge is 0.339 e. The van der Waals surface area contributed by atoms with Crippen molar-refractivity contribution >= 4 is 23.8 Å². The number of carboxylic acids is 1. The molecule has 0 aliphatic rings. The first-order chi connectivity index (χ1) is 9.97. The fraction of sp³-hybridized carbons (Fsp3) is 0. The van der Waals surface area contributed by atoms with Gasteiger partial charge in [0.1, 0.15) is 11.3 Å². The maximum atomic E-state index is 10.9. The molecule has 106 valence electrons. The van der Waals surface area contributed by atoms with Crippen LogP contribution in [-0.2, 0) is 0 Å². The second kappa shape index (κ2) is 5.87. The number of nitrogens with zero attached hydrogens (tertiary/aromatic N) is 1. The topological polar surface area (TPSA) is 101 Å². The maximum Gasteiger partial charge on any atom is 0.339 e. The average molecular weight is 285 g/mol. The van der Waals surface area contributed by atoms with Gasteiger partial charge in [-0.1, -0.05) is 18.2 Å². The Morgan fingerprint density at radius 3 is 2.19 bits per heavy atom. The third-order valence-corrected chi connectivity index (χ3v) is 2.82. The standard InChI is InChI=1S/C15H11NO5/c17-14-8-5-11(9-13(14)15(18)19)2-1-10-3-6-12(7-4-10)16(20)21/h1-9,17H,(H,18,19). The molecule has 0 amide bonds. The zero-order valence-corrected chi connectivity index (χ0v) is 10.8. The van der Waals surface area contributed by atoms with Crippen LogP contribution in [0.1, 0.15) is 21.5 Å². The van der Waals surface area contributed by atoms with Gasteiger partial charge in [-0.05, 0) is 35.4 Å². The number of rotatable bonds is 4. The monoisotopic (exact) mass is 285 g/mol. The minimum atomic E-state index is -1.21. The van der Waals surface area contributed by atoms with Crippen LogP contribution in [-0.4, -0.2) is 21.1 Å². The van der Waals surface area contributed by atoms with Crippen molar-refractivity contribution in [1.29, 1.82) is 0 Å². The summed E-state index contributed by atoms with van der Waals surface area (Å²) in [7, 11) is 0. The summed E-state index contributed by atoms with van der Waals surface area (Å²) in [5, 5.41) is 28.8. The lowest BCUT2D eigenvalue weighted by atomic mass is 10.1. The molecule has 0 unspecified atom stereocenters.